The third-order valence-electron chi connectivity index (χ3n) is 6.69. The number of hydrogen-bond acceptors (Lipinski definition) is 6. The van der Waals surface area contributed by atoms with E-state index in [-0.39, 0.29) is 11.8 Å². The molecular weight excluding hydrogens is 492 g/mol. The van der Waals surface area contributed by atoms with Gasteiger partial charge in [0.2, 0.25) is 5.91 Å². The quantitative estimate of drug-likeness (QED) is 0.333. The maximum atomic E-state index is 13.0. The van der Waals surface area contributed by atoms with Crippen LogP contribution < -0.4 is 9.47 Å². The Morgan fingerprint density at radius 2 is 1.81 bits per heavy atom. The fourth-order valence-electron chi connectivity index (χ4n) is 4.67. The SMILES string of the molecule is COc1ccc(C=C2SC(=S)N(CCCC(=O)N3CCC(Cc4ccccc4)CC3)C2=O)cc1OC. The average Bonchev–Trinajstić information content (AvgIpc) is 3.16. The molecule has 0 saturated carbocycles. The third-order valence-corrected chi connectivity index (χ3v) is 8.06. The number of hydrogen-bond donors (Lipinski definition) is 0. The standard InChI is InChI=1S/C28H32N2O4S2/c1-33-23-11-10-22(18-24(23)34-2)19-25-27(32)30(28(35)36-25)14-6-9-26(31)29-15-12-21(13-16-29)17-20-7-4-3-5-8-20/h3-5,7-8,10-11,18-19,21H,6,9,12-17H2,1-2H3. The van der Waals surface area contributed by atoms with E-state index in [1.165, 1.54) is 17.3 Å². The molecule has 2 fully saturated rings. The van der Waals surface area contributed by atoms with Gasteiger partial charge in [-0.1, -0.05) is 60.4 Å². The normalized spacial score (nSPS) is 17.7. The van der Waals surface area contributed by atoms with Gasteiger partial charge in [0.1, 0.15) is 4.32 Å². The first-order valence-corrected chi connectivity index (χ1v) is 13.5. The van der Waals surface area contributed by atoms with Crippen molar-refractivity contribution in [2.75, 3.05) is 33.9 Å². The fraction of sp³-hybridized carbons (Fsp3) is 0.393. The van der Waals surface area contributed by atoms with E-state index < -0.39 is 0 Å². The lowest BCUT2D eigenvalue weighted by molar-refractivity contribution is -0.133. The molecular formula is C28H32N2O4S2. The summed E-state index contributed by atoms with van der Waals surface area (Å²) >= 11 is 6.75. The lowest BCUT2D eigenvalue weighted by Crippen LogP contribution is -2.39. The van der Waals surface area contributed by atoms with Crippen molar-refractivity contribution in [3.63, 3.8) is 0 Å². The van der Waals surface area contributed by atoms with Crippen molar-refractivity contribution < 1.29 is 19.1 Å². The lowest BCUT2D eigenvalue weighted by Gasteiger charge is -2.32. The number of likely N-dealkylation sites (tertiary alicyclic amines) is 1. The van der Waals surface area contributed by atoms with Gasteiger partial charge in [-0.25, -0.2) is 0 Å². The van der Waals surface area contributed by atoms with E-state index in [0.29, 0.717) is 46.0 Å². The molecule has 36 heavy (non-hydrogen) atoms. The van der Waals surface area contributed by atoms with Crippen LogP contribution in [0.5, 0.6) is 11.5 Å². The second-order valence-electron chi connectivity index (χ2n) is 9.07. The van der Waals surface area contributed by atoms with Crippen LogP contribution in [0.15, 0.2) is 53.4 Å². The number of ether oxygens (including phenoxy) is 2. The minimum absolute atomic E-state index is 0.117. The molecule has 4 rings (SSSR count). The summed E-state index contributed by atoms with van der Waals surface area (Å²) in [5.74, 6) is 1.91. The molecule has 2 aromatic rings. The smallest absolute Gasteiger partial charge is 0.266 e. The molecule has 2 aliphatic heterocycles. The third kappa shape index (κ3) is 6.48. The van der Waals surface area contributed by atoms with Crippen LogP contribution >= 0.6 is 24.0 Å². The Balaban J connectivity index is 1.24. The van der Waals surface area contributed by atoms with Crippen molar-refractivity contribution in [3.05, 3.63) is 64.6 Å². The molecule has 0 bridgehead atoms. The molecule has 0 atom stereocenters. The first kappa shape index (κ1) is 26.2. The second-order valence-corrected chi connectivity index (χ2v) is 10.7. The highest BCUT2D eigenvalue weighted by atomic mass is 32.2. The Hall–Kier alpha value is -2.84. The molecule has 2 amide bonds. The van der Waals surface area contributed by atoms with E-state index in [0.717, 1.165) is 37.9 Å². The van der Waals surface area contributed by atoms with E-state index in [1.807, 2.05) is 35.2 Å². The van der Waals surface area contributed by atoms with Crippen LogP contribution in [0, 0.1) is 5.92 Å². The number of methoxy groups -OCH3 is 2. The van der Waals surface area contributed by atoms with Crippen molar-refractivity contribution >= 4 is 46.2 Å². The molecule has 0 aromatic heterocycles. The summed E-state index contributed by atoms with van der Waals surface area (Å²) in [4.78, 5) is 29.9. The number of carbonyl (C=O) groups is 2. The molecule has 8 heteroatoms. The molecule has 0 spiro atoms. The van der Waals surface area contributed by atoms with Crippen molar-refractivity contribution in [2.24, 2.45) is 5.92 Å². The number of nitrogens with zero attached hydrogens (tertiary/aromatic N) is 2. The summed E-state index contributed by atoms with van der Waals surface area (Å²) in [6, 6.07) is 16.1. The zero-order chi connectivity index (χ0) is 25.5. The zero-order valence-corrected chi connectivity index (χ0v) is 22.4. The molecule has 2 saturated heterocycles. The summed E-state index contributed by atoms with van der Waals surface area (Å²) < 4.78 is 11.2. The number of piperidine rings is 1. The predicted molar refractivity (Wildman–Crippen MR) is 148 cm³/mol. The van der Waals surface area contributed by atoms with Gasteiger partial charge >= 0.3 is 0 Å². The van der Waals surface area contributed by atoms with E-state index in [2.05, 4.69) is 24.3 Å². The van der Waals surface area contributed by atoms with Gasteiger partial charge in [-0.2, -0.15) is 0 Å². The second kappa shape index (κ2) is 12.4. The fourth-order valence-corrected chi connectivity index (χ4v) is 5.98. The molecule has 190 valence electrons. The predicted octanol–water partition coefficient (Wildman–Crippen LogP) is 5.17. The molecule has 0 unspecified atom stereocenters. The van der Waals surface area contributed by atoms with Gasteiger partial charge in [0.05, 0.1) is 19.1 Å². The minimum atomic E-state index is -0.117. The Morgan fingerprint density at radius 1 is 1.08 bits per heavy atom. The lowest BCUT2D eigenvalue weighted by atomic mass is 9.90. The first-order valence-electron chi connectivity index (χ1n) is 12.3. The van der Waals surface area contributed by atoms with Gasteiger partial charge in [-0.3, -0.25) is 14.5 Å². The van der Waals surface area contributed by atoms with Gasteiger partial charge in [-0.05, 0) is 60.9 Å². The van der Waals surface area contributed by atoms with Gasteiger partial charge in [0.15, 0.2) is 11.5 Å². The molecule has 2 aliphatic rings. The summed E-state index contributed by atoms with van der Waals surface area (Å²) in [5, 5.41) is 0. The Labute approximate surface area is 222 Å². The van der Waals surface area contributed by atoms with E-state index in [9.17, 15) is 9.59 Å². The maximum absolute atomic E-state index is 13.0. The summed E-state index contributed by atoms with van der Waals surface area (Å²) in [7, 11) is 3.16. The number of rotatable bonds is 9. The topological polar surface area (TPSA) is 59.1 Å². The van der Waals surface area contributed by atoms with Crippen molar-refractivity contribution in [2.45, 2.75) is 32.1 Å². The highest BCUT2D eigenvalue weighted by molar-refractivity contribution is 8.26. The van der Waals surface area contributed by atoms with Gasteiger partial charge < -0.3 is 14.4 Å². The van der Waals surface area contributed by atoms with Crippen LogP contribution in [0.4, 0.5) is 0 Å². The van der Waals surface area contributed by atoms with Crippen LogP contribution in [-0.4, -0.2) is 59.8 Å². The Morgan fingerprint density at radius 3 is 2.50 bits per heavy atom. The van der Waals surface area contributed by atoms with Crippen LogP contribution in [0.3, 0.4) is 0 Å². The number of benzene rings is 2. The van der Waals surface area contributed by atoms with Crippen molar-refractivity contribution in [1.82, 2.24) is 9.80 Å². The monoisotopic (exact) mass is 524 g/mol. The van der Waals surface area contributed by atoms with Gasteiger partial charge in [0, 0.05) is 26.1 Å². The van der Waals surface area contributed by atoms with E-state index in [4.69, 9.17) is 21.7 Å². The average molecular weight is 525 g/mol. The molecule has 2 heterocycles. The van der Waals surface area contributed by atoms with Crippen molar-refractivity contribution in [3.8, 4) is 11.5 Å². The van der Waals surface area contributed by atoms with Crippen molar-refractivity contribution in [1.29, 1.82) is 0 Å². The van der Waals surface area contributed by atoms with Gasteiger partial charge in [-0.15, -0.1) is 0 Å². The summed E-state index contributed by atoms with van der Waals surface area (Å²) in [6.45, 7) is 2.07. The van der Waals surface area contributed by atoms with E-state index in [1.54, 1.807) is 19.1 Å². The van der Waals surface area contributed by atoms with Gasteiger partial charge in [0.25, 0.3) is 5.91 Å². The van der Waals surface area contributed by atoms with Crippen LogP contribution in [-0.2, 0) is 16.0 Å². The highest BCUT2D eigenvalue weighted by Crippen LogP contribution is 2.35. The molecule has 0 radical (unpaired) electrons. The van der Waals surface area contributed by atoms with Crippen LogP contribution in [0.2, 0.25) is 0 Å². The summed E-state index contributed by atoms with van der Waals surface area (Å²) in [5.41, 5.74) is 2.20. The molecule has 0 aliphatic carbocycles. The number of carbonyl (C=O) groups excluding carboxylic acids is 2. The molecule has 2 aromatic carbocycles. The number of thioether (sulfide) groups is 1. The maximum Gasteiger partial charge on any atom is 0.266 e. The molecule has 6 nitrogen and oxygen atoms in total. The van der Waals surface area contributed by atoms with Crippen LogP contribution in [0.25, 0.3) is 6.08 Å². The number of amides is 2. The van der Waals surface area contributed by atoms with Crippen LogP contribution in [0.1, 0.15) is 36.8 Å². The first-order chi connectivity index (χ1) is 17.5. The summed E-state index contributed by atoms with van der Waals surface area (Å²) in [6.07, 6.45) is 5.99. The highest BCUT2D eigenvalue weighted by Gasteiger charge is 2.32. The largest absolute Gasteiger partial charge is 0.493 e. The minimum Gasteiger partial charge on any atom is -0.493 e. The number of thiocarbonyl (C=S) groups is 1. The zero-order valence-electron chi connectivity index (χ0n) is 20.8. The Kier molecular flexibility index (Phi) is 9.04. The Bertz CT molecular complexity index is 1130. The molecule has 0 N–H and O–H groups in total. The van der Waals surface area contributed by atoms with E-state index >= 15 is 0 Å².